The van der Waals surface area contributed by atoms with Gasteiger partial charge in [-0.15, -0.1) is 11.3 Å². The monoisotopic (exact) mass is 290 g/mol. The minimum atomic E-state index is -0.0541. The van der Waals surface area contributed by atoms with E-state index in [4.69, 9.17) is 5.73 Å². The molecule has 0 bridgehead atoms. The predicted octanol–water partition coefficient (Wildman–Crippen LogP) is 2.35. The van der Waals surface area contributed by atoms with Crippen molar-refractivity contribution in [2.45, 2.75) is 13.5 Å². The molecule has 0 atom stereocenters. The largest absolute Gasteiger partial charge is 0.397 e. The zero-order valence-corrected chi connectivity index (χ0v) is 12.6. The smallest absolute Gasteiger partial charge is 0.253 e. The molecule has 1 aromatic heterocycles. The van der Waals surface area contributed by atoms with E-state index in [-0.39, 0.29) is 5.91 Å². The summed E-state index contributed by atoms with van der Waals surface area (Å²) in [6, 6.07) is 5.31. The second-order valence-electron chi connectivity index (χ2n) is 4.72. The van der Waals surface area contributed by atoms with E-state index >= 15 is 0 Å². The van der Waals surface area contributed by atoms with Gasteiger partial charge in [0, 0.05) is 24.5 Å². The Morgan fingerprint density at radius 1 is 1.45 bits per heavy atom. The lowest BCUT2D eigenvalue weighted by atomic mass is 10.1. The lowest BCUT2D eigenvalue weighted by molar-refractivity contribution is 0.0827. The molecule has 0 saturated heterocycles. The highest BCUT2D eigenvalue weighted by Gasteiger charge is 2.10. The number of rotatable bonds is 4. The Hall–Kier alpha value is -2.08. The molecule has 3 N–H and O–H groups in total. The molecule has 1 aromatic carbocycles. The first-order valence-corrected chi connectivity index (χ1v) is 7.11. The van der Waals surface area contributed by atoms with Crippen molar-refractivity contribution in [3.8, 4) is 0 Å². The molecule has 0 aliphatic carbocycles. The molecule has 0 unspecified atom stereocenters. The molecule has 1 amide bonds. The second kappa shape index (κ2) is 5.92. The minimum Gasteiger partial charge on any atom is -0.397 e. The fraction of sp³-hybridized carbons (Fsp3) is 0.286. The first-order chi connectivity index (χ1) is 9.49. The van der Waals surface area contributed by atoms with Crippen LogP contribution in [0.4, 0.5) is 11.4 Å². The Balaban J connectivity index is 2.10. The molecule has 20 heavy (non-hydrogen) atoms. The number of aryl methyl sites for hydroxylation is 1. The average Bonchev–Trinajstić information content (AvgIpc) is 2.82. The Bertz CT molecular complexity index is 621. The van der Waals surface area contributed by atoms with Crippen LogP contribution in [-0.4, -0.2) is 29.9 Å². The number of hydrogen-bond acceptors (Lipinski definition) is 5. The normalized spacial score (nSPS) is 10.3. The number of carbonyl (C=O) groups is 1. The van der Waals surface area contributed by atoms with E-state index in [0.717, 1.165) is 11.4 Å². The van der Waals surface area contributed by atoms with Crippen LogP contribution in [0.15, 0.2) is 23.7 Å². The number of nitrogen functional groups attached to an aromatic ring is 1. The molecule has 0 spiro atoms. The zero-order valence-electron chi connectivity index (χ0n) is 11.8. The van der Waals surface area contributed by atoms with Crippen molar-refractivity contribution >= 4 is 28.6 Å². The predicted molar refractivity (Wildman–Crippen MR) is 83.0 cm³/mol. The second-order valence-corrected chi connectivity index (χ2v) is 5.66. The number of anilines is 2. The van der Waals surface area contributed by atoms with E-state index in [0.29, 0.717) is 17.8 Å². The highest BCUT2D eigenvalue weighted by atomic mass is 32.1. The molecule has 2 rings (SSSR count). The standard InChI is InChI=1S/C14H18N4OS/c1-9-13(20-8-17-9)7-16-12-5-4-10(6-11(12)15)14(19)18(2)3/h4-6,8,16H,7,15H2,1-3H3. The van der Waals surface area contributed by atoms with E-state index in [2.05, 4.69) is 10.3 Å². The van der Waals surface area contributed by atoms with Gasteiger partial charge in [-0.1, -0.05) is 0 Å². The average molecular weight is 290 g/mol. The van der Waals surface area contributed by atoms with Gasteiger partial charge in [-0.3, -0.25) is 4.79 Å². The van der Waals surface area contributed by atoms with Crippen molar-refractivity contribution in [3.63, 3.8) is 0 Å². The number of nitrogens with zero attached hydrogens (tertiary/aromatic N) is 2. The van der Waals surface area contributed by atoms with Crippen molar-refractivity contribution in [1.82, 2.24) is 9.88 Å². The number of hydrogen-bond donors (Lipinski definition) is 2. The van der Waals surface area contributed by atoms with Gasteiger partial charge in [0.05, 0.1) is 29.1 Å². The number of amides is 1. The molecule has 6 heteroatoms. The van der Waals surface area contributed by atoms with Crippen molar-refractivity contribution in [2.75, 3.05) is 25.1 Å². The summed E-state index contributed by atoms with van der Waals surface area (Å²) in [7, 11) is 3.44. The first kappa shape index (κ1) is 14.3. The van der Waals surface area contributed by atoms with Crippen LogP contribution in [0.5, 0.6) is 0 Å². The molecule has 0 radical (unpaired) electrons. The zero-order chi connectivity index (χ0) is 14.7. The summed E-state index contributed by atoms with van der Waals surface area (Å²) < 4.78 is 0. The van der Waals surface area contributed by atoms with Crippen LogP contribution in [0.3, 0.4) is 0 Å². The molecule has 0 aliphatic rings. The summed E-state index contributed by atoms with van der Waals surface area (Å²) in [4.78, 5) is 18.8. The maximum atomic E-state index is 11.8. The maximum absolute atomic E-state index is 11.8. The summed E-state index contributed by atoms with van der Waals surface area (Å²) in [5, 5.41) is 3.27. The third-order valence-electron chi connectivity index (χ3n) is 2.99. The van der Waals surface area contributed by atoms with Gasteiger partial charge in [-0.2, -0.15) is 0 Å². The van der Waals surface area contributed by atoms with Gasteiger partial charge in [-0.05, 0) is 25.1 Å². The minimum absolute atomic E-state index is 0.0541. The van der Waals surface area contributed by atoms with E-state index < -0.39 is 0 Å². The lowest BCUT2D eigenvalue weighted by Crippen LogP contribution is -2.21. The summed E-state index contributed by atoms with van der Waals surface area (Å²) in [6.07, 6.45) is 0. The van der Waals surface area contributed by atoms with Crippen molar-refractivity contribution < 1.29 is 4.79 Å². The fourth-order valence-corrected chi connectivity index (χ4v) is 2.50. The van der Waals surface area contributed by atoms with Gasteiger partial charge < -0.3 is 16.0 Å². The molecular formula is C14H18N4OS. The quantitative estimate of drug-likeness (QED) is 0.848. The van der Waals surface area contributed by atoms with Crippen molar-refractivity contribution in [2.24, 2.45) is 0 Å². The highest BCUT2D eigenvalue weighted by Crippen LogP contribution is 2.22. The third kappa shape index (κ3) is 3.08. The van der Waals surface area contributed by atoms with Gasteiger partial charge in [0.25, 0.3) is 5.91 Å². The summed E-state index contributed by atoms with van der Waals surface area (Å²) >= 11 is 1.61. The Morgan fingerprint density at radius 2 is 2.20 bits per heavy atom. The Morgan fingerprint density at radius 3 is 2.75 bits per heavy atom. The van der Waals surface area contributed by atoms with Crippen LogP contribution >= 0.6 is 11.3 Å². The molecular weight excluding hydrogens is 272 g/mol. The topological polar surface area (TPSA) is 71.2 Å². The van der Waals surface area contributed by atoms with E-state index in [9.17, 15) is 4.79 Å². The fourth-order valence-electron chi connectivity index (χ4n) is 1.79. The van der Waals surface area contributed by atoms with Gasteiger partial charge in [0.1, 0.15) is 0 Å². The Labute approximate surface area is 122 Å². The van der Waals surface area contributed by atoms with Crippen LogP contribution in [-0.2, 0) is 6.54 Å². The maximum Gasteiger partial charge on any atom is 0.253 e. The SMILES string of the molecule is Cc1ncsc1CNc1ccc(C(=O)N(C)C)cc1N. The number of thiazole rings is 1. The third-order valence-corrected chi connectivity index (χ3v) is 3.92. The summed E-state index contributed by atoms with van der Waals surface area (Å²) in [6.45, 7) is 2.66. The van der Waals surface area contributed by atoms with Crippen LogP contribution in [0.2, 0.25) is 0 Å². The number of nitrogens with two attached hydrogens (primary N) is 1. The number of carbonyl (C=O) groups excluding carboxylic acids is 1. The summed E-state index contributed by atoms with van der Waals surface area (Å²) in [5.74, 6) is -0.0541. The lowest BCUT2D eigenvalue weighted by Gasteiger charge is -2.13. The van der Waals surface area contributed by atoms with E-state index in [1.807, 2.05) is 18.5 Å². The molecule has 2 aromatic rings. The van der Waals surface area contributed by atoms with Crippen molar-refractivity contribution in [3.05, 3.63) is 39.8 Å². The molecule has 0 aliphatic heterocycles. The van der Waals surface area contributed by atoms with Gasteiger partial charge >= 0.3 is 0 Å². The Kier molecular flexibility index (Phi) is 4.24. The van der Waals surface area contributed by atoms with Crippen LogP contribution in [0.25, 0.3) is 0 Å². The molecule has 106 valence electrons. The van der Waals surface area contributed by atoms with E-state index in [1.165, 1.54) is 9.78 Å². The number of aromatic nitrogens is 1. The van der Waals surface area contributed by atoms with E-state index in [1.54, 1.807) is 37.6 Å². The molecule has 0 saturated carbocycles. The first-order valence-electron chi connectivity index (χ1n) is 6.23. The van der Waals surface area contributed by atoms with Gasteiger partial charge in [0.15, 0.2) is 0 Å². The van der Waals surface area contributed by atoms with Crippen LogP contribution < -0.4 is 11.1 Å². The number of nitrogens with one attached hydrogen (secondary N) is 1. The van der Waals surface area contributed by atoms with Crippen LogP contribution in [0.1, 0.15) is 20.9 Å². The van der Waals surface area contributed by atoms with Crippen molar-refractivity contribution in [1.29, 1.82) is 0 Å². The highest BCUT2D eigenvalue weighted by molar-refractivity contribution is 7.09. The molecule has 5 nitrogen and oxygen atoms in total. The molecule has 1 heterocycles. The van der Waals surface area contributed by atoms with Crippen LogP contribution in [0, 0.1) is 6.92 Å². The number of benzene rings is 1. The van der Waals surface area contributed by atoms with Gasteiger partial charge in [0.2, 0.25) is 0 Å². The molecule has 0 fully saturated rings. The van der Waals surface area contributed by atoms with Gasteiger partial charge in [-0.25, -0.2) is 4.98 Å². The summed E-state index contributed by atoms with van der Waals surface area (Å²) in [5.41, 5.74) is 10.8.